The number of rotatable bonds is 7. The van der Waals surface area contributed by atoms with Crippen LogP contribution in [0.1, 0.15) is 27.0 Å². The van der Waals surface area contributed by atoms with Gasteiger partial charge in [-0.15, -0.1) is 0 Å². The largest absolute Gasteiger partial charge is 0.307 e. The number of nitro groups is 1. The van der Waals surface area contributed by atoms with E-state index in [-0.39, 0.29) is 11.6 Å². The molecule has 1 N–H and O–H groups in total. The van der Waals surface area contributed by atoms with Crippen molar-refractivity contribution in [2.75, 3.05) is 5.32 Å². The first-order valence-corrected chi connectivity index (χ1v) is 10.5. The lowest BCUT2D eigenvalue weighted by molar-refractivity contribution is -0.385. The van der Waals surface area contributed by atoms with Gasteiger partial charge in [0, 0.05) is 11.8 Å². The van der Waals surface area contributed by atoms with E-state index in [1.807, 2.05) is 37.4 Å². The average molecular weight is 495 g/mol. The Morgan fingerprint density at radius 2 is 1.66 bits per heavy atom. The van der Waals surface area contributed by atoms with E-state index in [4.69, 9.17) is 0 Å². The minimum absolute atomic E-state index is 0.0617. The molecule has 162 valence electrons. The van der Waals surface area contributed by atoms with Crippen LogP contribution >= 0.6 is 15.9 Å². The van der Waals surface area contributed by atoms with Crippen LogP contribution in [0.25, 0.3) is 0 Å². The molecular weight excluding hydrogens is 476 g/mol. The third-order valence-corrected chi connectivity index (χ3v) is 5.39. The smallest absolute Gasteiger partial charge is 0.304 e. The van der Waals surface area contributed by atoms with Crippen LogP contribution in [-0.2, 0) is 13.1 Å². The summed E-state index contributed by atoms with van der Waals surface area (Å²) < 4.78 is 3.93. The molecule has 0 saturated heterocycles. The maximum absolute atomic E-state index is 12.6. The van der Waals surface area contributed by atoms with Gasteiger partial charge in [0.1, 0.15) is 12.4 Å². The first-order valence-electron chi connectivity index (χ1n) is 9.73. The van der Waals surface area contributed by atoms with Crippen molar-refractivity contribution in [2.45, 2.75) is 20.0 Å². The zero-order valence-corrected chi connectivity index (χ0v) is 18.7. The summed E-state index contributed by atoms with van der Waals surface area (Å²) in [6, 6.07) is 15.2. The van der Waals surface area contributed by atoms with Gasteiger partial charge in [0.05, 0.1) is 22.5 Å². The van der Waals surface area contributed by atoms with Gasteiger partial charge in [-0.25, -0.2) is 0 Å². The number of carbonyl (C=O) groups is 1. The summed E-state index contributed by atoms with van der Waals surface area (Å²) in [7, 11) is 0. The van der Waals surface area contributed by atoms with Gasteiger partial charge in [0.25, 0.3) is 5.91 Å². The molecule has 1 amide bonds. The summed E-state index contributed by atoms with van der Waals surface area (Å²) in [5.74, 6) is 0.155. The summed E-state index contributed by atoms with van der Waals surface area (Å²) >= 11 is 3.45. The number of carbonyl (C=O) groups excluding carboxylic acids is 1. The van der Waals surface area contributed by atoms with Crippen molar-refractivity contribution < 1.29 is 9.72 Å². The zero-order valence-electron chi connectivity index (χ0n) is 17.1. The zero-order chi connectivity index (χ0) is 22.7. The fraction of sp³-hybridized carbons (Fsp3) is 0.136. The molecule has 0 unspecified atom stereocenters. The molecule has 32 heavy (non-hydrogen) atoms. The third kappa shape index (κ3) is 5.09. The molecule has 0 aliphatic carbocycles. The van der Waals surface area contributed by atoms with Crippen LogP contribution in [0, 0.1) is 17.0 Å². The lowest BCUT2D eigenvalue weighted by atomic mass is 10.1. The number of anilines is 1. The Labute approximate surface area is 192 Å². The van der Waals surface area contributed by atoms with E-state index in [0.717, 1.165) is 11.1 Å². The van der Waals surface area contributed by atoms with Crippen LogP contribution < -0.4 is 5.32 Å². The number of hydrogen-bond acceptors (Lipinski definition) is 5. The highest BCUT2D eigenvalue weighted by atomic mass is 79.9. The highest BCUT2D eigenvalue weighted by molar-refractivity contribution is 9.10. The summed E-state index contributed by atoms with van der Waals surface area (Å²) in [6.45, 7) is 3.00. The molecule has 10 heteroatoms. The Morgan fingerprint density at radius 3 is 2.28 bits per heavy atom. The second kappa shape index (κ2) is 9.15. The SMILES string of the molecule is Cc1ccc(Cn2cc(Br)c(NC(=O)c3ccc(Cn4cc([N+](=O)[O-])cn4)cc3)n2)cc1. The maximum Gasteiger partial charge on any atom is 0.307 e. The minimum Gasteiger partial charge on any atom is -0.304 e. The van der Waals surface area contributed by atoms with Crippen LogP contribution in [0.15, 0.2) is 71.6 Å². The van der Waals surface area contributed by atoms with E-state index >= 15 is 0 Å². The average Bonchev–Trinajstić information content (AvgIpc) is 3.37. The first kappa shape index (κ1) is 21.4. The molecular formula is C22H19BrN6O3. The second-order valence-electron chi connectivity index (χ2n) is 7.31. The van der Waals surface area contributed by atoms with Gasteiger partial charge in [-0.1, -0.05) is 42.0 Å². The number of halogens is 1. The Bertz CT molecular complexity index is 1260. The van der Waals surface area contributed by atoms with Crippen LogP contribution in [0.2, 0.25) is 0 Å². The molecule has 0 spiro atoms. The van der Waals surface area contributed by atoms with Crippen LogP contribution in [-0.4, -0.2) is 30.4 Å². The molecule has 9 nitrogen and oxygen atoms in total. The van der Waals surface area contributed by atoms with E-state index in [1.54, 1.807) is 28.9 Å². The standard InChI is InChI=1S/C22H19BrN6O3/c1-15-2-4-16(5-3-15)12-28-14-20(23)21(26-28)25-22(30)18-8-6-17(7-9-18)11-27-13-19(10-24-27)29(31)32/h2-10,13-14H,11-12H2,1H3,(H,25,26,30). The summed E-state index contributed by atoms with van der Waals surface area (Å²) in [6.07, 6.45) is 4.39. The van der Waals surface area contributed by atoms with Crippen molar-refractivity contribution in [1.29, 1.82) is 0 Å². The number of nitrogens with one attached hydrogen (secondary N) is 1. The fourth-order valence-electron chi connectivity index (χ4n) is 3.11. The van der Waals surface area contributed by atoms with E-state index in [9.17, 15) is 14.9 Å². The number of hydrogen-bond donors (Lipinski definition) is 1. The minimum atomic E-state index is -0.489. The molecule has 0 aliphatic rings. The predicted molar refractivity (Wildman–Crippen MR) is 123 cm³/mol. The maximum atomic E-state index is 12.6. The van der Waals surface area contributed by atoms with Gasteiger partial charge in [-0.05, 0) is 46.1 Å². The monoisotopic (exact) mass is 494 g/mol. The molecule has 2 heterocycles. The molecule has 2 aromatic heterocycles. The summed E-state index contributed by atoms with van der Waals surface area (Å²) in [5, 5.41) is 22.0. The van der Waals surface area contributed by atoms with E-state index < -0.39 is 4.92 Å². The van der Waals surface area contributed by atoms with Crippen molar-refractivity contribution in [3.63, 3.8) is 0 Å². The van der Waals surface area contributed by atoms with E-state index in [0.29, 0.717) is 28.9 Å². The highest BCUT2D eigenvalue weighted by Crippen LogP contribution is 2.22. The van der Waals surface area contributed by atoms with Crippen molar-refractivity contribution in [2.24, 2.45) is 0 Å². The van der Waals surface area contributed by atoms with Crippen LogP contribution in [0.4, 0.5) is 11.5 Å². The van der Waals surface area contributed by atoms with Gasteiger partial charge in [0.15, 0.2) is 5.82 Å². The predicted octanol–water partition coefficient (Wildman–Crippen LogP) is 4.41. The highest BCUT2D eigenvalue weighted by Gasteiger charge is 2.13. The Hall–Kier alpha value is -3.79. The van der Waals surface area contributed by atoms with Gasteiger partial charge in [-0.3, -0.25) is 24.3 Å². The molecule has 0 bridgehead atoms. The lowest BCUT2D eigenvalue weighted by Crippen LogP contribution is -2.13. The van der Waals surface area contributed by atoms with Gasteiger partial charge >= 0.3 is 5.69 Å². The number of benzene rings is 2. The summed E-state index contributed by atoms with van der Waals surface area (Å²) in [4.78, 5) is 22.9. The number of aryl methyl sites for hydroxylation is 1. The molecule has 0 fully saturated rings. The molecule has 0 aliphatic heterocycles. The lowest BCUT2D eigenvalue weighted by Gasteiger charge is -2.06. The molecule has 4 aromatic rings. The van der Waals surface area contributed by atoms with Crippen molar-refractivity contribution in [3.05, 3.63) is 104 Å². The van der Waals surface area contributed by atoms with Gasteiger partial charge in [-0.2, -0.15) is 10.2 Å². The normalized spacial score (nSPS) is 10.8. The number of nitrogens with zero attached hydrogens (tertiary/aromatic N) is 5. The van der Waals surface area contributed by atoms with Gasteiger partial charge < -0.3 is 5.32 Å². The number of aromatic nitrogens is 4. The quantitative estimate of drug-likeness (QED) is 0.302. The second-order valence-corrected chi connectivity index (χ2v) is 8.17. The van der Waals surface area contributed by atoms with Crippen molar-refractivity contribution in [1.82, 2.24) is 19.6 Å². The molecule has 0 saturated carbocycles. The van der Waals surface area contributed by atoms with E-state index in [1.165, 1.54) is 22.6 Å². The van der Waals surface area contributed by atoms with Gasteiger partial charge in [0.2, 0.25) is 0 Å². The fourth-order valence-corrected chi connectivity index (χ4v) is 3.52. The van der Waals surface area contributed by atoms with Crippen LogP contribution in [0.3, 0.4) is 0 Å². The Kier molecular flexibility index (Phi) is 6.13. The van der Waals surface area contributed by atoms with Crippen molar-refractivity contribution >= 4 is 33.3 Å². The molecule has 0 atom stereocenters. The Balaban J connectivity index is 1.39. The topological polar surface area (TPSA) is 108 Å². The molecule has 4 rings (SSSR count). The third-order valence-electron chi connectivity index (χ3n) is 4.81. The molecule has 0 radical (unpaired) electrons. The Morgan fingerprint density at radius 1 is 1.03 bits per heavy atom. The van der Waals surface area contributed by atoms with Crippen molar-refractivity contribution in [3.8, 4) is 0 Å². The van der Waals surface area contributed by atoms with E-state index in [2.05, 4.69) is 31.4 Å². The molecule has 2 aromatic carbocycles. The van der Waals surface area contributed by atoms with Crippen LogP contribution in [0.5, 0.6) is 0 Å². The number of amides is 1. The first-order chi connectivity index (χ1) is 15.4. The summed E-state index contributed by atoms with van der Waals surface area (Å²) in [5.41, 5.74) is 3.58.